The van der Waals surface area contributed by atoms with E-state index in [1.165, 1.54) is 40.8 Å². The molecule has 3 heterocycles. The number of sulfonamides is 1. The largest absolute Gasteiger partial charge is 0.350 e. The molecule has 2 aromatic heterocycles. The molecule has 1 aromatic carbocycles. The second-order valence-electron chi connectivity index (χ2n) is 7.32. The number of rotatable bonds is 4. The quantitative estimate of drug-likeness (QED) is 0.627. The normalized spacial score (nSPS) is 16.5. The maximum atomic E-state index is 14.1. The van der Waals surface area contributed by atoms with E-state index in [-0.39, 0.29) is 27.7 Å². The van der Waals surface area contributed by atoms with E-state index in [1.807, 2.05) is 0 Å². The molecule has 0 N–H and O–H groups in total. The van der Waals surface area contributed by atoms with Gasteiger partial charge >= 0.3 is 5.69 Å². The van der Waals surface area contributed by atoms with Gasteiger partial charge in [0, 0.05) is 29.9 Å². The molecule has 0 radical (unpaired) electrons. The van der Waals surface area contributed by atoms with Crippen LogP contribution in [0.2, 0.25) is 5.02 Å². The second-order valence-corrected chi connectivity index (χ2v) is 9.67. The molecule has 0 aliphatic carbocycles. The van der Waals surface area contributed by atoms with Gasteiger partial charge in [0.25, 0.3) is 0 Å². The highest BCUT2D eigenvalue weighted by molar-refractivity contribution is 7.89. The van der Waals surface area contributed by atoms with Crippen LogP contribution >= 0.6 is 11.6 Å². The van der Waals surface area contributed by atoms with Crippen LogP contribution in [0.4, 0.5) is 4.39 Å². The first-order valence-electron chi connectivity index (χ1n) is 9.29. The molecule has 154 valence electrons. The number of benzene rings is 1. The molecule has 1 fully saturated rings. The fraction of sp³-hybridized carbons (Fsp3) is 0.368. The van der Waals surface area contributed by atoms with Crippen molar-refractivity contribution < 1.29 is 12.8 Å². The van der Waals surface area contributed by atoms with Crippen LogP contribution in [-0.2, 0) is 16.6 Å². The summed E-state index contributed by atoms with van der Waals surface area (Å²) >= 11 is 6.04. The van der Waals surface area contributed by atoms with Crippen molar-refractivity contribution in [2.24, 2.45) is 5.92 Å². The van der Waals surface area contributed by atoms with Crippen LogP contribution in [0.15, 0.2) is 46.2 Å². The molecule has 1 saturated heterocycles. The van der Waals surface area contributed by atoms with Crippen molar-refractivity contribution in [1.29, 1.82) is 0 Å². The summed E-state index contributed by atoms with van der Waals surface area (Å²) in [7, 11) is -3.70. The minimum absolute atomic E-state index is 0.0325. The standard InChI is InChI=1S/C19H20ClFN4O3S/c1-13-7-9-23(10-8-13)29(27,28)14-5-6-18-22-25(19(26)24(18)11-14)12-15-16(20)3-2-4-17(15)21/h2-6,11,13H,7-10,12H2,1H3. The minimum atomic E-state index is -3.70. The lowest BCUT2D eigenvalue weighted by Gasteiger charge is -2.29. The van der Waals surface area contributed by atoms with Gasteiger partial charge in [0.15, 0.2) is 5.65 Å². The van der Waals surface area contributed by atoms with E-state index in [9.17, 15) is 17.6 Å². The van der Waals surface area contributed by atoms with Gasteiger partial charge < -0.3 is 0 Å². The summed E-state index contributed by atoms with van der Waals surface area (Å²) in [4.78, 5) is 12.8. The third-order valence-corrected chi connectivity index (χ3v) is 7.54. The van der Waals surface area contributed by atoms with E-state index in [2.05, 4.69) is 12.0 Å². The lowest BCUT2D eigenvalue weighted by Crippen LogP contribution is -2.38. The number of pyridine rings is 1. The number of fused-ring (bicyclic) bond motifs is 1. The number of hydrogen-bond acceptors (Lipinski definition) is 4. The van der Waals surface area contributed by atoms with Gasteiger partial charge in [-0.15, -0.1) is 5.10 Å². The maximum absolute atomic E-state index is 14.1. The molecule has 0 amide bonds. The zero-order chi connectivity index (χ0) is 20.8. The molecule has 1 aliphatic heterocycles. The molecule has 0 unspecified atom stereocenters. The Balaban J connectivity index is 1.70. The second kappa shape index (κ2) is 7.55. The number of hydrogen-bond donors (Lipinski definition) is 0. The van der Waals surface area contributed by atoms with Gasteiger partial charge in [-0.3, -0.25) is 0 Å². The first-order valence-corrected chi connectivity index (χ1v) is 11.1. The summed E-state index contributed by atoms with van der Waals surface area (Å²) in [6, 6.07) is 7.18. The monoisotopic (exact) mass is 438 g/mol. The van der Waals surface area contributed by atoms with Crippen LogP contribution < -0.4 is 5.69 Å². The van der Waals surface area contributed by atoms with Gasteiger partial charge in [-0.2, -0.15) is 4.31 Å². The van der Waals surface area contributed by atoms with Crippen LogP contribution in [0.3, 0.4) is 0 Å². The molecule has 0 atom stereocenters. The molecular formula is C19H20ClFN4O3S. The van der Waals surface area contributed by atoms with E-state index in [1.54, 1.807) is 0 Å². The van der Waals surface area contributed by atoms with Crippen LogP contribution in [-0.4, -0.2) is 40.0 Å². The van der Waals surface area contributed by atoms with Crippen LogP contribution in [0.25, 0.3) is 5.65 Å². The zero-order valence-electron chi connectivity index (χ0n) is 15.8. The lowest BCUT2D eigenvalue weighted by molar-refractivity contribution is 0.288. The SMILES string of the molecule is CC1CCN(S(=O)(=O)c2ccc3nn(Cc4c(F)cccc4Cl)c(=O)n3c2)CC1. The Morgan fingerprint density at radius 3 is 2.62 bits per heavy atom. The fourth-order valence-corrected chi connectivity index (χ4v) is 5.15. The Labute approximate surface area is 172 Å². The topological polar surface area (TPSA) is 76.7 Å². The molecule has 10 heteroatoms. The Morgan fingerprint density at radius 2 is 1.93 bits per heavy atom. The minimum Gasteiger partial charge on any atom is -0.249 e. The highest BCUT2D eigenvalue weighted by Gasteiger charge is 2.28. The maximum Gasteiger partial charge on any atom is 0.350 e. The number of halogens is 2. The smallest absolute Gasteiger partial charge is 0.249 e. The molecule has 4 rings (SSSR count). The predicted molar refractivity (Wildman–Crippen MR) is 107 cm³/mol. The zero-order valence-corrected chi connectivity index (χ0v) is 17.3. The van der Waals surface area contributed by atoms with Crippen LogP contribution in [0, 0.1) is 11.7 Å². The summed E-state index contributed by atoms with van der Waals surface area (Å²) in [5, 5.41) is 4.36. The fourth-order valence-electron chi connectivity index (χ4n) is 3.46. The summed E-state index contributed by atoms with van der Waals surface area (Å²) in [5.74, 6) is -0.0426. The van der Waals surface area contributed by atoms with E-state index in [4.69, 9.17) is 11.6 Å². The average Bonchev–Trinajstić information content (AvgIpc) is 3.00. The molecular weight excluding hydrogens is 419 g/mol. The van der Waals surface area contributed by atoms with Gasteiger partial charge in [-0.1, -0.05) is 24.6 Å². The molecule has 0 saturated carbocycles. The van der Waals surface area contributed by atoms with Crippen molar-refractivity contribution in [3.63, 3.8) is 0 Å². The first-order chi connectivity index (χ1) is 13.8. The molecule has 3 aromatic rings. The average molecular weight is 439 g/mol. The van der Waals surface area contributed by atoms with E-state index < -0.39 is 21.5 Å². The lowest BCUT2D eigenvalue weighted by atomic mass is 10.0. The summed E-state index contributed by atoms with van der Waals surface area (Å²) in [6.07, 6.45) is 2.89. The Kier molecular flexibility index (Phi) is 5.22. The van der Waals surface area contributed by atoms with Gasteiger partial charge in [0.2, 0.25) is 10.0 Å². The van der Waals surface area contributed by atoms with Crippen molar-refractivity contribution in [2.75, 3.05) is 13.1 Å². The van der Waals surface area contributed by atoms with E-state index in [0.29, 0.717) is 19.0 Å². The number of piperidine rings is 1. The van der Waals surface area contributed by atoms with Crippen molar-refractivity contribution in [1.82, 2.24) is 18.5 Å². The van der Waals surface area contributed by atoms with Crippen molar-refractivity contribution in [3.8, 4) is 0 Å². The third kappa shape index (κ3) is 3.70. The van der Waals surface area contributed by atoms with E-state index >= 15 is 0 Å². The van der Waals surface area contributed by atoms with Crippen LogP contribution in [0.5, 0.6) is 0 Å². The molecule has 1 aliphatic rings. The van der Waals surface area contributed by atoms with Crippen molar-refractivity contribution in [3.05, 3.63) is 63.4 Å². The predicted octanol–water partition coefficient (Wildman–Crippen LogP) is 2.76. The highest BCUT2D eigenvalue weighted by atomic mass is 35.5. The summed E-state index contributed by atoms with van der Waals surface area (Å²) < 4.78 is 43.6. The first kappa shape index (κ1) is 20.1. The van der Waals surface area contributed by atoms with Gasteiger partial charge in [-0.05, 0) is 43.0 Å². The Morgan fingerprint density at radius 1 is 1.21 bits per heavy atom. The van der Waals surface area contributed by atoms with Gasteiger partial charge in [-0.25, -0.2) is 26.7 Å². The molecule has 29 heavy (non-hydrogen) atoms. The van der Waals surface area contributed by atoms with Gasteiger partial charge in [0.1, 0.15) is 5.82 Å². The Bertz CT molecular complexity index is 1210. The third-order valence-electron chi connectivity index (χ3n) is 5.30. The molecule has 7 nitrogen and oxygen atoms in total. The van der Waals surface area contributed by atoms with Crippen molar-refractivity contribution >= 4 is 27.3 Å². The molecule has 0 spiro atoms. The number of aromatic nitrogens is 3. The number of nitrogens with zero attached hydrogens (tertiary/aromatic N) is 4. The van der Waals surface area contributed by atoms with Crippen molar-refractivity contribution in [2.45, 2.75) is 31.2 Å². The molecule has 0 bridgehead atoms. The van der Waals surface area contributed by atoms with Gasteiger partial charge in [0.05, 0.1) is 11.4 Å². The van der Waals surface area contributed by atoms with E-state index in [0.717, 1.165) is 21.9 Å². The van der Waals surface area contributed by atoms with Crippen LogP contribution in [0.1, 0.15) is 25.3 Å². The Hall–Kier alpha value is -2.23. The highest BCUT2D eigenvalue weighted by Crippen LogP contribution is 2.24. The summed E-state index contributed by atoms with van der Waals surface area (Å²) in [5.41, 5.74) is -0.146. The summed E-state index contributed by atoms with van der Waals surface area (Å²) in [6.45, 7) is 2.87.